The van der Waals surface area contributed by atoms with E-state index in [0.717, 1.165) is 0 Å². The van der Waals surface area contributed by atoms with Crippen LogP contribution in [0.15, 0.2) is 127 Å². The van der Waals surface area contributed by atoms with Gasteiger partial charge in [0.15, 0.2) is 0 Å². The van der Waals surface area contributed by atoms with E-state index in [-0.39, 0.29) is 36.4 Å². The van der Waals surface area contributed by atoms with E-state index in [4.69, 9.17) is 0 Å². The first-order valence-electron chi connectivity index (χ1n) is 33.5. The first-order chi connectivity index (χ1) is 42.3. The molecule has 3 heteroatoms. The zero-order valence-corrected chi connectivity index (χ0v) is 58.9. The summed E-state index contributed by atoms with van der Waals surface area (Å²) in [7, 11) is 0. The topological polar surface area (TPSA) is 0 Å². The Morgan fingerprint density at radius 2 is 0.367 bits per heavy atom. The first-order valence-corrected chi connectivity index (χ1v) is 33.5. The molecule has 0 amide bonds. The summed E-state index contributed by atoms with van der Waals surface area (Å²) in [6.45, 7) is 57.3. The number of hydrogen-bond acceptors (Lipinski definition) is 0. The molecule has 0 bridgehead atoms. The Morgan fingerprint density at radius 1 is 0.211 bits per heavy atom. The van der Waals surface area contributed by atoms with Crippen LogP contribution in [0, 0.1) is 125 Å². The minimum Gasteiger partial charge on any atom is -0.0683 e. The number of rotatable bonds is 9. The fourth-order valence-electron chi connectivity index (χ4n) is 19.6. The first kappa shape index (κ1) is 61.3. The van der Waals surface area contributed by atoms with Crippen molar-refractivity contribution in [2.24, 2.45) is 0 Å². The maximum atomic E-state index is 2.68. The van der Waals surface area contributed by atoms with Crippen LogP contribution in [0.4, 0.5) is 0 Å². The molecule has 90 heavy (non-hydrogen) atoms. The molecule has 0 radical (unpaired) electrons. The van der Waals surface area contributed by atoms with Crippen LogP contribution in [0.2, 0.25) is 0 Å². The van der Waals surface area contributed by atoms with Gasteiger partial charge >= 0.3 is 0 Å². The van der Waals surface area contributed by atoms with Crippen molar-refractivity contribution in [1.82, 2.24) is 0 Å². The molecular weight excluding hydrogens is 1080 g/mol. The van der Waals surface area contributed by atoms with E-state index in [1.54, 1.807) is 0 Å². The fourth-order valence-corrected chi connectivity index (χ4v) is 19.6. The molecule has 0 heterocycles. The highest BCUT2D eigenvalue weighted by molar-refractivity contribution is 6.98. The minimum atomic E-state index is -0.355. The highest BCUT2D eigenvalue weighted by atomic mass is 14.5. The van der Waals surface area contributed by atoms with E-state index in [9.17, 15) is 0 Å². The predicted molar refractivity (Wildman–Crippen MR) is 397 cm³/mol. The SMILES string of the molecule is Cc1cc(C)c(B(c2ccc3c(c2)C(C)(C)c2c-3c3c(c4c2-c2ccc(B(c5c(C)cc(C)cc5C)c5c(C)cc(C)cc5C)cc2C4(C)C)-c2ccc(B(c4c(C)cc(C)cc4C)c4c(C)cc(C)cc4C)cc2C3(C)C)c2c(C)cc(C)cc2C)c(C)c1. The van der Waals surface area contributed by atoms with Gasteiger partial charge in [0.2, 0.25) is 20.1 Å². The van der Waals surface area contributed by atoms with Crippen molar-refractivity contribution in [3.05, 3.63) is 261 Å². The van der Waals surface area contributed by atoms with Crippen molar-refractivity contribution in [1.29, 1.82) is 0 Å². The lowest BCUT2D eigenvalue weighted by Gasteiger charge is -2.32. The van der Waals surface area contributed by atoms with Crippen LogP contribution in [0.3, 0.4) is 0 Å². The van der Waals surface area contributed by atoms with E-state index in [0.29, 0.717) is 0 Å². The number of fused-ring (bicyclic) bond motifs is 12. The summed E-state index contributed by atoms with van der Waals surface area (Å²) in [5, 5.41) is 0. The van der Waals surface area contributed by atoms with Crippen LogP contribution >= 0.6 is 0 Å². The van der Waals surface area contributed by atoms with Crippen LogP contribution in [-0.2, 0) is 16.2 Å². The summed E-state index contributed by atoms with van der Waals surface area (Å²) in [4.78, 5) is 0. The quantitative estimate of drug-likeness (QED) is 0.126. The van der Waals surface area contributed by atoms with Crippen molar-refractivity contribution >= 4 is 69.3 Å². The molecule has 0 N–H and O–H groups in total. The highest BCUT2D eigenvalue weighted by Gasteiger charge is 2.53. The largest absolute Gasteiger partial charge is 0.242 e. The Labute approximate surface area is 542 Å². The Morgan fingerprint density at radius 3 is 0.522 bits per heavy atom. The van der Waals surface area contributed by atoms with Gasteiger partial charge in [-0.1, -0.05) is 318 Å². The van der Waals surface area contributed by atoms with Gasteiger partial charge in [-0.15, -0.1) is 0 Å². The molecule has 0 fully saturated rings. The molecule has 0 nitrogen and oxygen atoms in total. The van der Waals surface area contributed by atoms with Crippen molar-refractivity contribution in [3.8, 4) is 33.4 Å². The number of benzene rings is 10. The smallest absolute Gasteiger partial charge is 0.0683 e. The molecule has 13 rings (SSSR count). The third-order valence-corrected chi connectivity index (χ3v) is 22.5. The lowest BCUT2D eigenvalue weighted by molar-refractivity contribution is 0.636. The van der Waals surface area contributed by atoms with Gasteiger partial charge in [0.25, 0.3) is 0 Å². The van der Waals surface area contributed by atoms with Gasteiger partial charge in [-0.05, 0) is 191 Å². The van der Waals surface area contributed by atoms with E-state index in [1.807, 2.05) is 0 Å². The monoisotopic (exact) mass is 1170 g/mol. The third kappa shape index (κ3) is 9.15. The van der Waals surface area contributed by atoms with Gasteiger partial charge in [-0.2, -0.15) is 0 Å². The normalized spacial score (nSPS) is 14.3. The Kier molecular flexibility index (Phi) is 14.5. The molecule has 0 unspecified atom stereocenters. The zero-order chi connectivity index (χ0) is 64.6. The second kappa shape index (κ2) is 21.2. The van der Waals surface area contributed by atoms with Crippen LogP contribution in [-0.4, -0.2) is 20.1 Å². The van der Waals surface area contributed by atoms with Gasteiger partial charge in [0.1, 0.15) is 0 Å². The molecule has 0 aromatic heterocycles. The van der Waals surface area contributed by atoms with Gasteiger partial charge in [-0.25, -0.2) is 0 Å². The van der Waals surface area contributed by atoms with Crippen LogP contribution < -0.4 is 49.2 Å². The van der Waals surface area contributed by atoms with Gasteiger partial charge in [0, 0.05) is 16.2 Å². The average Bonchev–Trinajstić information content (AvgIpc) is 1.49. The molecule has 0 saturated carbocycles. The maximum absolute atomic E-state index is 2.68. The van der Waals surface area contributed by atoms with Gasteiger partial charge < -0.3 is 0 Å². The molecule has 0 atom stereocenters. The summed E-state index contributed by atoms with van der Waals surface area (Å²) < 4.78 is 0. The van der Waals surface area contributed by atoms with E-state index in [1.165, 1.54) is 216 Å². The molecule has 450 valence electrons. The Balaban J connectivity index is 1.11. The molecule has 10 aromatic rings. The van der Waals surface area contributed by atoms with E-state index < -0.39 is 0 Å². The summed E-state index contributed by atoms with van der Waals surface area (Å²) in [6, 6.07) is 52.3. The van der Waals surface area contributed by atoms with Crippen molar-refractivity contribution < 1.29 is 0 Å². The van der Waals surface area contributed by atoms with Gasteiger partial charge in [-0.3, -0.25) is 0 Å². The molecular formula is C87H93B3. The molecule has 0 aliphatic heterocycles. The van der Waals surface area contributed by atoms with Crippen LogP contribution in [0.5, 0.6) is 0 Å². The standard InChI is InChI=1S/C87H93B3/c1-46-31-52(7)79(53(8)32-46)88(80-54(9)33-47(2)34-55(80)10)64-25-28-67-70(43-64)85(19,20)76-73(67)77-75(69-30-27-66(45-72(69)86(77,21)22)90(83-60(15)39-50(5)40-61(83)16)84-62(17)41-51(6)42-63(84)18)78-74(76)68-29-26-65(44-71(68)87(78,23)24)89(81-56(11)35-48(3)36-57(81)12)82-58(13)37-49(4)38-59(82)14/h25-45H,1-24H3. The Bertz CT molecular complexity index is 3970. The molecule has 0 saturated heterocycles. The number of hydrogen-bond donors (Lipinski definition) is 0. The third-order valence-electron chi connectivity index (χ3n) is 22.5. The fraction of sp³-hybridized carbons (Fsp3) is 0.310. The summed E-state index contributed by atoms with van der Waals surface area (Å²) >= 11 is 0. The second-order valence-electron chi connectivity index (χ2n) is 30.7. The predicted octanol–water partition coefficient (Wildman–Crippen LogP) is 15.7. The lowest BCUT2D eigenvalue weighted by atomic mass is 9.34. The van der Waals surface area contributed by atoms with E-state index >= 15 is 0 Å². The van der Waals surface area contributed by atoms with Crippen molar-refractivity contribution in [2.45, 2.75) is 182 Å². The van der Waals surface area contributed by atoms with Crippen molar-refractivity contribution in [2.75, 3.05) is 0 Å². The van der Waals surface area contributed by atoms with Gasteiger partial charge in [0.05, 0.1) is 0 Å². The average molecular weight is 1170 g/mol. The molecule has 0 spiro atoms. The molecule has 3 aliphatic rings. The highest BCUT2D eigenvalue weighted by Crippen LogP contribution is 2.67. The van der Waals surface area contributed by atoms with Crippen molar-refractivity contribution in [3.63, 3.8) is 0 Å². The molecule has 10 aromatic carbocycles. The molecule has 3 aliphatic carbocycles. The maximum Gasteiger partial charge on any atom is 0.242 e. The second-order valence-corrected chi connectivity index (χ2v) is 30.7. The minimum absolute atomic E-state index is 0.0637. The Hall–Kier alpha value is -7.61. The van der Waals surface area contributed by atoms with E-state index in [2.05, 4.69) is 294 Å². The number of aryl methyl sites for hydroxylation is 18. The summed E-state index contributed by atoms with van der Waals surface area (Å²) in [5.74, 6) is 0. The lowest BCUT2D eigenvalue weighted by Crippen LogP contribution is -2.56. The summed E-state index contributed by atoms with van der Waals surface area (Å²) in [5.41, 5.74) is 53.1. The summed E-state index contributed by atoms with van der Waals surface area (Å²) in [6.07, 6.45) is 0. The zero-order valence-electron chi connectivity index (χ0n) is 58.9. The van der Waals surface area contributed by atoms with Crippen LogP contribution in [0.25, 0.3) is 33.4 Å². The van der Waals surface area contributed by atoms with Crippen LogP contribution in [0.1, 0.15) is 175 Å².